The molecule has 3 rings (SSSR count). The van der Waals surface area contributed by atoms with E-state index in [0.29, 0.717) is 17.2 Å². The zero-order chi connectivity index (χ0) is 23.1. The van der Waals surface area contributed by atoms with Gasteiger partial charge in [-0.05, 0) is 64.3 Å². The van der Waals surface area contributed by atoms with E-state index in [9.17, 15) is 9.90 Å². The molecule has 0 radical (unpaired) electrons. The molecule has 0 saturated heterocycles. The lowest BCUT2D eigenvalue weighted by Gasteiger charge is -2.33. The van der Waals surface area contributed by atoms with E-state index in [-0.39, 0.29) is 10.8 Å². The lowest BCUT2D eigenvalue weighted by molar-refractivity contribution is -0.134. The summed E-state index contributed by atoms with van der Waals surface area (Å²) in [6.07, 6.45) is 0.883. The normalized spacial score (nSPS) is 17.5. The number of anilines is 1. The van der Waals surface area contributed by atoms with Crippen molar-refractivity contribution in [3.63, 3.8) is 0 Å². The summed E-state index contributed by atoms with van der Waals surface area (Å²) in [6.45, 7) is 14.4. The molecule has 0 saturated carbocycles. The maximum Gasteiger partial charge on any atom is 0.332 e. The first-order valence-electron chi connectivity index (χ1n) is 10.5. The highest BCUT2D eigenvalue weighted by atomic mass is 16.5. The van der Waals surface area contributed by atoms with E-state index in [4.69, 9.17) is 9.47 Å². The summed E-state index contributed by atoms with van der Waals surface area (Å²) >= 11 is 0. The molecule has 166 valence electrons. The number of methoxy groups -OCH3 is 1. The third-order valence-corrected chi connectivity index (χ3v) is 5.47. The quantitative estimate of drug-likeness (QED) is 0.465. The topological polar surface area (TPSA) is 67.8 Å². The highest BCUT2D eigenvalue weighted by Gasteiger charge is 2.32. The Balaban J connectivity index is 2.23. The van der Waals surface area contributed by atoms with E-state index in [0.717, 1.165) is 27.9 Å². The summed E-state index contributed by atoms with van der Waals surface area (Å²) in [5.41, 5.74) is 4.47. The van der Waals surface area contributed by atoms with E-state index in [1.54, 1.807) is 0 Å². The molecule has 1 aliphatic heterocycles. The van der Waals surface area contributed by atoms with Gasteiger partial charge in [-0.2, -0.15) is 0 Å². The predicted octanol–water partition coefficient (Wildman–Crippen LogP) is 5.90. The molecule has 0 spiro atoms. The van der Waals surface area contributed by atoms with Gasteiger partial charge >= 0.3 is 5.97 Å². The summed E-state index contributed by atoms with van der Waals surface area (Å²) in [7, 11) is 1.35. The first-order chi connectivity index (χ1) is 14.3. The van der Waals surface area contributed by atoms with Crippen LogP contribution in [0.15, 0.2) is 42.1 Å². The van der Waals surface area contributed by atoms with Crippen LogP contribution in [-0.4, -0.2) is 18.2 Å². The molecule has 0 aromatic heterocycles. The Kier molecular flexibility index (Phi) is 5.83. The molecule has 31 heavy (non-hydrogen) atoms. The maximum absolute atomic E-state index is 12.1. The summed E-state index contributed by atoms with van der Waals surface area (Å²) < 4.78 is 11.3. The number of carbonyl (C=O) groups is 1. The molecule has 0 bridgehead atoms. The summed E-state index contributed by atoms with van der Waals surface area (Å²) in [5, 5.41) is 14.4. The summed E-state index contributed by atoms with van der Waals surface area (Å²) in [4.78, 5) is 12.1. The van der Waals surface area contributed by atoms with Crippen LogP contribution >= 0.6 is 0 Å². The third kappa shape index (κ3) is 4.71. The van der Waals surface area contributed by atoms with Gasteiger partial charge in [0.1, 0.15) is 11.5 Å². The molecule has 0 amide bonds. The molecule has 5 nitrogen and oxygen atoms in total. The van der Waals surface area contributed by atoms with E-state index < -0.39 is 12.1 Å². The van der Waals surface area contributed by atoms with Gasteiger partial charge in [0.05, 0.1) is 18.5 Å². The SMILES string of the molecule is COC(=O)/C=C1\Nc2cc(C)ccc2OC1c1cc(C(C)(C)C)c(O)c(C(C)(C)C)c1. The van der Waals surface area contributed by atoms with Gasteiger partial charge in [0, 0.05) is 6.08 Å². The van der Waals surface area contributed by atoms with Crippen molar-refractivity contribution in [2.24, 2.45) is 0 Å². The number of hydrogen-bond donors (Lipinski definition) is 2. The molecule has 1 unspecified atom stereocenters. The average molecular weight is 424 g/mol. The van der Waals surface area contributed by atoms with Crippen LogP contribution in [0.25, 0.3) is 0 Å². The number of rotatable bonds is 2. The molecule has 2 N–H and O–H groups in total. The molecule has 1 heterocycles. The monoisotopic (exact) mass is 423 g/mol. The molecule has 2 aromatic rings. The lowest BCUT2D eigenvalue weighted by Crippen LogP contribution is -2.25. The Morgan fingerprint density at radius 1 is 1.06 bits per heavy atom. The van der Waals surface area contributed by atoms with Crippen LogP contribution in [0.3, 0.4) is 0 Å². The number of esters is 1. The Morgan fingerprint density at radius 3 is 2.16 bits per heavy atom. The number of carbonyl (C=O) groups excluding carboxylic acids is 1. The molecule has 2 aromatic carbocycles. The van der Waals surface area contributed by atoms with Gasteiger partial charge < -0.3 is 19.9 Å². The number of phenols is 1. The van der Waals surface area contributed by atoms with Crippen molar-refractivity contribution in [2.75, 3.05) is 12.4 Å². The van der Waals surface area contributed by atoms with E-state index in [1.807, 2.05) is 37.3 Å². The fourth-order valence-corrected chi connectivity index (χ4v) is 3.75. The Morgan fingerprint density at radius 2 is 1.65 bits per heavy atom. The zero-order valence-corrected chi connectivity index (χ0v) is 19.7. The molecule has 5 heteroatoms. The largest absolute Gasteiger partial charge is 0.507 e. The minimum absolute atomic E-state index is 0.274. The first kappa shape index (κ1) is 22.7. The number of hydrogen-bond acceptors (Lipinski definition) is 5. The van der Waals surface area contributed by atoms with Crippen molar-refractivity contribution in [1.29, 1.82) is 0 Å². The second kappa shape index (κ2) is 7.95. The van der Waals surface area contributed by atoms with Gasteiger partial charge in [0.25, 0.3) is 0 Å². The van der Waals surface area contributed by atoms with E-state index in [1.165, 1.54) is 13.2 Å². The lowest BCUT2D eigenvalue weighted by atomic mass is 9.77. The van der Waals surface area contributed by atoms with E-state index >= 15 is 0 Å². The van der Waals surface area contributed by atoms with Crippen molar-refractivity contribution in [3.8, 4) is 11.5 Å². The molecule has 1 aliphatic rings. The van der Waals surface area contributed by atoms with Crippen LogP contribution in [0.4, 0.5) is 5.69 Å². The molecule has 1 atom stereocenters. The van der Waals surface area contributed by atoms with Crippen molar-refractivity contribution in [3.05, 3.63) is 64.4 Å². The average Bonchev–Trinajstić information content (AvgIpc) is 2.65. The Hall–Kier alpha value is -2.95. The number of ether oxygens (including phenoxy) is 2. The van der Waals surface area contributed by atoms with Crippen molar-refractivity contribution < 1.29 is 19.4 Å². The van der Waals surface area contributed by atoms with Gasteiger partial charge in [-0.1, -0.05) is 47.6 Å². The number of aryl methyl sites for hydroxylation is 1. The van der Waals surface area contributed by atoms with Crippen LogP contribution < -0.4 is 10.1 Å². The van der Waals surface area contributed by atoms with Crippen molar-refractivity contribution in [1.82, 2.24) is 0 Å². The van der Waals surface area contributed by atoms with Crippen LogP contribution in [0.5, 0.6) is 11.5 Å². The van der Waals surface area contributed by atoms with Crippen LogP contribution in [0, 0.1) is 6.92 Å². The van der Waals surface area contributed by atoms with Gasteiger partial charge in [-0.25, -0.2) is 4.79 Å². The van der Waals surface area contributed by atoms with Gasteiger partial charge in [0.15, 0.2) is 6.10 Å². The van der Waals surface area contributed by atoms with Gasteiger partial charge in [-0.15, -0.1) is 0 Å². The predicted molar refractivity (Wildman–Crippen MR) is 124 cm³/mol. The number of fused-ring (bicyclic) bond motifs is 1. The fraction of sp³-hybridized carbons (Fsp3) is 0.423. The first-order valence-corrected chi connectivity index (χ1v) is 10.5. The zero-order valence-electron chi connectivity index (χ0n) is 19.7. The van der Waals surface area contributed by atoms with Crippen LogP contribution in [0.1, 0.15) is 69.9 Å². The number of aromatic hydroxyl groups is 1. The minimum Gasteiger partial charge on any atom is -0.507 e. The van der Waals surface area contributed by atoms with Gasteiger partial charge in [-0.3, -0.25) is 0 Å². The number of benzene rings is 2. The molecule has 0 aliphatic carbocycles. The number of nitrogens with one attached hydrogen (secondary N) is 1. The molecular weight excluding hydrogens is 390 g/mol. The second-order valence-electron chi connectivity index (χ2n) is 10.2. The summed E-state index contributed by atoms with van der Waals surface area (Å²) in [5.74, 6) is 0.556. The highest BCUT2D eigenvalue weighted by Crippen LogP contribution is 2.45. The number of phenolic OH excluding ortho intramolecular Hbond substituents is 1. The Labute approximate surface area is 185 Å². The van der Waals surface area contributed by atoms with E-state index in [2.05, 4.69) is 46.9 Å². The van der Waals surface area contributed by atoms with Crippen molar-refractivity contribution >= 4 is 11.7 Å². The third-order valence-electron chi connectivity index (χ3n) is 5.47. The van der Waals surface area contributed by atoms with Crippen molar-refractivity contribution in [2.45, 2.75) is 65.4 Å². The fourth-order valence-electron chi connectivity index (χ4n) is 3.75. The second-order valence-corrected chi connectivity index (χ2v) is 10.2. The van der Waals surface area contributed by atoms with Crippen LogP contribution in [0.2, 0.25) is 0 Å². The maximum atomic E-state index is 12.1. The van der Waals surface area contributed by atoms with Gasteiger partial charge in [0.2, 0.25) is 0 Å². The minimum atomic E-state index is -0.544. The molecule has 0 fully saturated rings. The standard InChI is InChI=1S/C26H33NO4/c1-15-9-10-21-19(11-15)27-20(14-22(28)30-8)24(31-21)16-12-17(25(2,3)4)23(29)18(13-16)26(5,6)7/h9-14,24,27,29H,1-8H3/b20-14-. The van der Waals surface area contributed by atoms with Crippen LogP contribution in [-0.2, 0) is 20.4 Å². The summed E-state index contributed by atoms with van der Waals surface area (Å²) in [6, 6.07) is 9.84. The Bertz CT molecular complexity index is 1000. The smallest absolute Gasteiger partial charge is 0.332 e. The molecular formula is C26H33NO4. The highest BCUT2D eigenvalue weighted by molar-refractivity contribution is 5.84.